The normalized spacial score (nSPS) is 11.8. The number of hydrogen-bond acceptors (Lipinski definition) is 29. The Kier molecular flexibility index (Phi) is 35.4. The van der Waals surface area contributed by atoms with Gasteiger partial charge >= 0.3 is 36.2 Å². The average Bonchev–Trinajstić information content (AvgIpc) is 1.79. The summed E-state index contributed by atoms with van der Waals surface area (Å²) in [5.74, 6) is 5.93. The van der Waals surface area contributed by atoms with Crippen LogP contribution in [0.15, 0.2) is 170 Å². The number of aromatic nitrogens is 7. The molecule has 117 heavy (non-hydrogen) atoms. The monoisotopic (exact) mass is 1710 g/mol. The van der Waals surface area contributed by atoms with Crippen LogP contribution >= 0.6 is 34.0 Å². The second kappa shape index (κ2) is 44.2. The highest BCUT2D eigenvalue weighted by Crippen LogP contribution is 2.40. The molecule has 8 N–H and O–H groups in total. The Labute approximate surface area is 698 Å². The molecule has 39 heteroatoms. The predicted molar refractivity (Wildman–Crippen MR) is 469 cm³/mol. The lowest BCUT2D eigenvalue weighted by molar-refractivity contribution is -0.870. The van der Waals surface area contributed by atoms with E-state index in [0.29, 0.717) is 59.6 Å². The minimum Gasteiger partial charge on any atom is -0.497 e. The van der Waals surface area contributed by atoms with E-state index in [1.54, 1.807) is 55.3 Å². The lowest BCUT2D eigenvalue weighted by Crippen LogP contribution is -2.42. The van der Waals surface area contributed by atoms with Gasteiger partial charge in [0.2, 0.25) is 11.9 Å². The number of methoxy groups -OCH3 is 3. The second-order valence-corrected chi connectivity index (χ2v) is 34.5. The van der Waals surface area contributed by atoms with Crippen LogP contribution < -0.4 is 64.7 Å². The van der Waals surface area contributed by atoms with Crippen molar-refractivity contribution < 1.29 is 75.7 Å². The molecular weight excluding hydrogens is 1600 g/mol. The lowest BCUT2D eigenvalue weighted by Gasteiger charge is -2.29. The SMILES string of the molecule is CCN(CC[N+](C)(C)C)c1ccc(N=Nc2sc3cc(OC)ccc3[n+]2C)cc1.CCNc1nc(NCCC[N+](C)(C)C)c(N=Nc2sc3cc(OC)ccc3[n+]2C)c(Nc2ccccc2)n1.CCNc1nc(NCCC[N+](C)(C)C)c(N=Nc2sc3cc(OC)ccc3[n+]2C)c(Nc2ccccc2)n1.COS(=O)(=O)O.COS(=O)(=O)O. The van der Waals surface area contributed by atoms with Gasteiger partial charge in [-0.1, -0.05) is 36.4 Å². The Morgan fingerprint density at radius 1 is 0.436 bits per heavy atom. The number of quaternary nitrogens is 3. The highest BCUT2D eigenvalue weighted by molar-refractivity contribution is 7.81. The number of likely N-dealkylation sites (N-methyl/N-ethyl adjacent to an activating group) is 2. The van der Waals surface area contributed by atoms with Crippen molar-refractivity contribution in [3.8, 4) is 17.2 Å². The molecule has 630 valence electrons. The molecule has 5 aromatic heterocycles. The summed E-state index contributed by atoms with van der Waals surface area (Å²) >= 11 is 4.71. The highest BCUT2D eigenvalue weighted by atomic mass is 32.3. The quantitative estimate of drug-likeness (QED) is 0.00610. The van der Waals surface area contributed by atoms with E-state index < -0.39 is 20.8 Å². The number of nitrogens with one attached hydrogen (secondary N) is 6. The number of azo groups is 3. The Bertz CT molecular complexity index is 5090. The third-order valence-corrected chi connectivity index (χ3v) is 21.0. The van der Waals surface area contributed by atoms with E-state index in [-0.39, 0.29) is 0 Å². The summed E-state index contributed by atoms with van der Waals surface area (Å²) in [7, 11) is 24.2. The lowest BCUT2D eigenvalue weighted by atomic mass is 10.2. The van der Waals surface area contributed by atoms with Crippen LogP contribution in [0, 0.1) is 0 Å². The van der Waals surface area contributed by atoms with E-state index >= 15 is 0 Å². The Balaban J connectivity index is 0.000000228. The second-order valence-electron chi connectivity index (χ2n) is 29.0. The van der Waals surface area contributed by atoms with Crippen LogP contribution in [0.1, 0.15) is 33.6 Å². The van der Waals surface area contributed by atoms with E-state index in [4.69, 9.17) is 53.5 Å². The number of thiazole rings is 3. The number of benzene rings is 6. The summed E-state index contributed by atoms with van der Waals surface area (Å²) < 4.78 is 87.6. The molecular formula is C78H113N23O11S5+6. The first-order valence-electron chi connectivity index (χ1n) is 37.4. The summed E-state index contributed by atoms with van der Waals surface area (Å²) in [6, 6.07) is 46.2. The van der Waals surface area contributed by atoms with Gasteiger partial charge in [0.15, 0.2) is 34.6 Å². The maximum Gasteiger partial charge on any atom is 0.409 e. The molecule has 0 saturated carbocycles. The van der Waals surface area contributed by atoms with Crippen LogP contribution in [0.4, 0.5) is 84.7 Å². The number of ether oxygens (including phenoxy) is 3. The van der Waals surface area contributed by atoms with Gasteiger partial charge in [0.05, 0.1) is 176 Å². The number of aryl methyl sites for hydroxylation is 3. The molecule has 11 aromatic rings. The first-order chi connectivity index (χ1) is 55.5. The number of hydrogen-bond donors (Lipinski definition) is 8. The molecule has 0 spiro atoms. The number of anilines is 9. The molecule has 0 aliphatic heterocycles. The molecule has 11 rings (SSSR count). The van der Waals surface area contributed by atoms with Gasteiger partial charge in [-0.2, -0.15) is 36.8 Å². The summed E-state index contributed by atoms with van der Waals surface area (Å²) in [6.07, 6.45) is 1.96. The minimum atomic E-state index is -4.16. The Hall–Kier alpha value is -10.4. The van der Waals surface area contributed by atoms with E-state index in [1.165, 1.54) is 5.69 Å². The predicted octanol–water partition coefficient (Wildman–Crippen LogP) is 14.8. The molecule has 6 aromatic carbocycles. The van der Waals surface area contributed by atoms with Crippen LogP contribution in [0.5, 0.6) is 17.2 Å². The first-order valence-corrected chi connectivity index (χ1v) is 42.6. The van der Waals surface area contributed by atoms with Gasteiger partial charge in [-0.05, 0) is 155 Å². The van der Waals surface area contributed by atoms with E-state index in [1.807, 2.05) is 172 Å². The summed E-state index contributed by atoms with van der Waals surface area (Å²) in [6.45, 7) is 14.3. The van der Waals surface area contributed by atoms with Gasteiger partial charge < -0.3 is 64.5 Å². The Morgan fingerprint density at radius 3 is 1.08 bits per heavy atom. The molecule has 0 unspecified atom stereocenters. The van der Waals surface area contributed by atoms with Crippen molar-refractivity contribution in [2.75, 3.05) is 195 Å². The number of nitrogens with zero attached hydrogens (tertiary/aromatic N) is 17. The van der Waals surface area contributed by atoms with E-state index in [2.05, 4.69) is 153 Å². The van der Waals surface area contributed by atoms with Gasteiger partial charge in [-0.3, -0.25) is 17.5 Å². The summed E-state index contributed by atoms with van der Waals surface area (Å²) in [4.78, 5) is 21.4. The molecule has 0 bridgehead atoms. The smallest absolute Gasteiger partial charge is 0.409 e. The fourth-order valence-electron chi connectivity index (χ4n) is 10.8. The topological polar surface area (TPSA) is 368 Å². The average molecular weight is 1710 g/mol. The fraction of sp³-hybridized carbons (Fsp3) is 0.397. The zero-order valence-corrected chi connectivity index (χ0v) is 74.4. The molecule has 5 heterocycles. The number of rotatable bonds is 34. The fourth-order valence-corrected chi connectivity index (χ4v) is 13.7. The van der Waals surface area contributed by atoms with Gasteiger partial charge in [-0.15, -0.1) is 0 Å². The van der Waals surface area contributed by atoms with Gasteiger partial charge in [-0.25, -0.2) is 13.7 Å². The van der Waals surface area contributed by atoms with Crippen molar-refractivity contribution in [2.24, 2.45) is 51.8 Å². The maximum absolute atomic E-state index is 9.33. The van der Waals surface area contributed by atoms with Crippen LogP contribution in [-0.2, 0) is 50.3 Å². The maximum atomic E-state index is 9.33. The molecule has 0 saturated heterocycles. The van der Waals surface area contributed by atoms with Crippen molar-refractivity contribution in [2.45, 2.75) is 33.6 Å². The molecule has 0 amide bonds. The van der Waals surface area contributed by atoms with Gasteiger partial charge in [0.1, 0.15) is 39.5 Å². The molecule has 0 fully saturated rings. The van der Waals surface area contributed by atoms with Crippen LogP contribution in [0.3, 0.4) is 0 Å². The molecule has 0 atom stereocenters. The van der Waals surface area contributed by atoms with Gasteiger partial charge in [0, 0.05) is 80.8 Å². The van der Waals surface area contributed by atoms with Crippen molar-refractivity contribution >= 4 is 170 Å². The van der Waals surface area contributed by atoms with Crippen LogP contribution in [0.2, 0.25) is 0 Å². The van der Waals surface area contributed by atoms with Crippen molar-refractivity contribution in [3.05, 3.63) is 140 Å². The van der Waals surface area contributed by atoms with Crippen molar-refractivity contribution in [1.29, 1.82) is 0 Å². The third-order valence-electron chi connectivity index (χ3n) is 16.9. The van der Waals surface area contributed by atoms with E-state index in [0.717, 1.165) is 167 Å². The summed E-state index contributed by atoms with van der Waals surface area (Å²) in [5, 5.41) is 50.3. The van der Waals surface area contributed by atoms with Crippen LogP contribution in [0.25, 0.3) is 30.6 Å². The number of fused-ring (bicyclic) bond motifs is 3. The third kappa shape index (κ3) is 30.9. The molecule has 34 nitrogen and oxygen atoms in total. The van der Waals surface area contributed by atoms with Gasteiger partial charge in [0.25, 0.3) is 0 Å². The largest absolute Gasteiger partial charge is 0.497 e. The van der Waals surface area contributed by atoms with Crippen LogP contribution in [-0.4, -0.2) is 217 Å². The number of para-hydroxylation sites is 2. The Morgan fingerprint density at radius 2 is 0.769 bits per heavy atom. The zero-order valence-electron chi connectivity index (χ0n) is 70.3. The molecule has 0 aliphatic carbocycles. The van der Waals surface area contributed by atoms with Crippen molar-refractivity contribution in [3.63, 3.8) is 0 Å². The standard InChI is InChI=1S/2C27H36N9OS.C22H31N5OS.2CH4O4S/c2*1-7-28-26-31-24(29-16-11-17-36(3,4)5)23(25(32-26)30-19-12-9-8-10-13-19)33-34-27-35(2)21-15-14-20(37-6)18-22(21)38-27;1-7-26(14-15-27(3,4)5)18-10-8-17(9-11-18)23-24-22-25(2)20-13-12-19(28-6)16-21(20)29-22;2*1-5-6(2,3)4/h2*8-10,12-15,18H,7,11,16-17H2,1-6H3,(H2,28,29,30,31,32);8-13,16H,7,14-15H2,1-6H3;2*1H3,(H,2,3,4)/q2*+1;+2;;/p+2. The van der Waals surface area contributed by atoms with E-state index in [9.17, 15) is 16.8 Å². The molecule has 0 aliphatic rings. The molecule has 0 radical (unpaired) electrons. The highest BCUT2D eigenvalue weighted by Gasteiger charge is 2.25. The first kappa shape index (κ1) is 93.7. The zero-order chi connectivity index (χ0) is 85.7. The minimum absolute atomic E-state index is 0.526. The van der Waals surface area contributed by atoms with Crippen molar-refractivity contribution in [1.82, 2.24) is 19.9 Å². The summed E-state index contributed by atoms with van der Waals surface area (Å²) in [5.41, 5.74) is 8.23.